The second-order valence-corrected chi connectivity index (χ2v) is 4.23. The number of benzene rings is 1. The topological polar surface area (TPSA) is 57.4 Å². The van der Waals surface area contributed by atoms with Crippen LogP contribution in [0.25, 0.3) is 11.3 Å². The molecule has 92 valence electrons. The smallest absolute Gasteiger partial charge is 0.162 e. The molecule has 2 heterocycles. The summed E-state index contributed by atoms with van der Waals surface area (Å²) in [5.74, 6) is 1.56. The maximum Gasteiger partial charge on any atom is 0.162 e. The molecule has 0 aliphatic carbocycles. The third-order valence-electron chi connectivity index (χ3n) is 2.96. The van der Waals surface area contributed by atoms with E-state index in [1.54, 1.807) is 0 Å². The molecule has 2 N–H and O–H groups in total. The lowest BCUT2D eigenvalue weighted by Crippen LogP contribution is -2.15. The van der Waals surface area contributed by atoms with Gasteiger partial charge in [0.2, 0.25) is 0 Å². The number of ether oxygens (including phenoxy) is 2. The number of nitrogen functional groups attached to an aromatic ring is 1. The Bertz CT molecular complexity index is 596. The zero-order valence-electron chi connectivity index (χ0n) is 10.1. The van der Waals surface area contributed by atoms with Crippen molar-refractivity contribution in [3.8, 4) is 22.8 Å². The summed E-state index contributed by atoms with van der Waals surface area (Å²) in [5.41, 5.74) is 9.20. The summed E-state index contributed by atoms with van der Waals surface area (Å²) in [6.07, 6.45) is 0. The number of pyridine rings is 1. The van der Waals surface area contributed by atoms with Crippen LogP contribution in [0.15, 0.2) is 30.3 Å². The standard InChI is InChI=1S/C14H14N2O2/c1-9-11(15)3-4-12(16-9)10-2-5-13-14(8-10)18-7-6-17-13/h2-5,8H,6-7,15H2,1H3. The van der Waals surface area contributed by atoms with Crippen molar-refractivity contribution < 1.29 is 9.47 Å². The van der Waals surface area contributed by atoms with Gasteiger partial charge in [0, 0.05) is 5.56 Å². The number of hydrogen-bond donors (Lipinski definition) is 1. The minimum atomic E-state index is 0.588. The van der Waals surface area contributed by atoms with Crippen molar-refractivity contribution in [1.82, 2.24) is 4.98 Å². The summed E-state index contributed by atoms with van der Waals surface area (Å²) < 4.78 is 11.1. The summed E-state index contributed by atoms with van der Waals surface area (Å²) >= 11 is 0. The Hall–Kier alpha value is -2.23. The molecule has 1 aliphatic rings. The van der Waals surface area contributed by atoms with Gasteiger partial charge in [0.25, 0.3) is 0 Å². The highest BCUT2D eigenvalue weighted by Crippen LogP contribution is 2.34. The van der Waals surface area contributed by atoms with Gasteiger partial charge in [0.05, 0.1) is 17.1 Å². The number of aromatic nitrogens is 1. The normalized spacial score (nSPS) is 13.4. The predicted molar refractivity (Wildman–Crippen MR) is 69.8 cm³/mol. The Kier molecular flexibility index (Phi) is 2.55. The molecule has 0 unspecified atom stereocenters. The molecule has 0 bridgehead atoms. The Balaban J connectivity index is 2.03. The molecule has 1 aliphatic heterocycles. The Morgan fingerprint density at radius 2 is 1.83 bits per heavy atom. The zero-order valence-corrected chi connectivity index (χ0v) is 10.1. The van der Waals surface area contributed by atoms with Crippen LogP contribution in [0.4, 0.5) is 5.69 Å². The number of nitrogens with zero attached hydrogens (tertiary/aromatic N) is 1. The van der Waals surface area contributed by atoms with Gasteiger partial charge in [0.15, 0.2) is 11.5 Å². The third-order valence-corrected chi connectivity index (χ3v) is 2.96. The largest absolute Gasteiger partial charge is 0.486 e. The molecular weight excluding hydrogens is 228 g/mol. The fourth-order valence-electron chi connectivity index (χ4n) is 1.94. The van der Waals surface area contributed by atoms with Crippen molar-refractivity contribution in [2.75, 3.05) is 18.9 Å². The lowest BCUT2D eigenvalue weighted by atomic mass is 10.1. The molecule has 0 atom stereocenters. The van der Waals surface area contributed by atoms with Gasteiger partial charge in [-0.05, 0) is 37.3 Å². The van der Waals surface area contributed by atoms with E-state index in [1.165, 1.54) is 0 Å². The summed E-state index contributed by atoms with van der Waals surface area (Å²) in [6.45, 7) is 3.09. The quantitative estimate of drug-likeness (QED) is 0.834. The molecule has 1 aromatic heterocycles. The van der Waals surface area contributed by atoms with Gasteiger partial charge in [-0.2, -0.15) is 0 Å². The molecule has 0 saturated carbocycles. The van der Waals surface area contributed by atoms with Gasteiger partial charge in [-0.1, -0.05) is 0 Å². The molecule has 0 saturated heterocycles. The number of fused-ring (bicyclic) bond motifs is 1. The average molecular weight is 242 g/mol. The van der Waals surface area contributed by atoms with Gasteiger partial charge in [0.1, 0.15) is 13.2 Å². The number of aryl methyl sites for hydroxylation is 1. The fraction of sp³-hybridized carbons (Fsp3) is 0.214. The lowest BCUT2D eigenvalue weighted by molar-refractivity contribution is 0.171. The molecule has 0 amide bonds. The van der Waals surface area contributed by atoms with E-state index < -0.39 is 0 Å². The molecular formula is C14H14N2O2. The highest BCUT2D eigenvalue weighted by atomic mass is 16.6. The van der Waals surface area contributed by atoms with E-state index in [0.717, 1.165) is 28.5 Å². The van der Waals surface area contributed by atoms with Gasteiger partial charge in [-0.3, -0.25) is 4.98 Å². The summed E-state index contributed by atoms with van der Waals surface area (Å²) in [5, 5.41) is 0. The van der Waals surface area contributed by atoms with Crippen molar-refractivity contribution >= 4 is 5.69 Å². The van der Waals surface area contributed by atoms with Crippen molar-refractivity contribution in [3.05, 3.63) is 36.0 Å². The van der Waals surface area contributed by atoms with Crippen LogP contribution in [0.1, 0.15) is 5.69 Å². The Morgan fingerprint density at radius 3 is 2.61 bits per heavy atom. The minimum Gasteiger partial charge on any atom is -0.486 e. The number of hydrogen-bond acceptors (Lipinski definition) is 4. The van der Waals surface area contributed by atoms with Crippen LogP contribution < -0.4 is 15.2 Å². The predicted octanol–water partition coefficient (Wildman–Crippen LogP) is 2.41. The fourth-order valence-corrected chi connectivity index (χ4v) is 1.94. The molecule has 4 nitrogen and oxygen atoms in total. The van der Waals surface area contributed by atoms with Crippen LogP contribution in [0.3, 0.4) is 0 Å². The highest BCUT2D eigenvalue weighted by molar-refractivity contribution is 5.66. The van der Waals surface area contributed by atoms with Crippen LogP contribution in [-0.4, -0.2) is 18.2 Å². The van der Waals surface area contributed by atoms with E-state index >= 15 is 0 Å². The zero-order chi connectivity index (χ0) is 12.5. The molecule has 2 aromatic rings. The minimum absolute atomic E-state index is 0.588. The lowest BCUT2D eigenvalue weighted by Gasteiger charge is -2.18. The van der Waals surface area contributed by atoms with Crippen molar-refractivity contribution in [1.29, 1.82) is 0 Å². The second kappa shape index (κ2) is 4.22. The van der Waals surface area contributed by atoms with E-state index in [4.69, 9.17) is 15.2 Å². The number of nitrogens with two attached hydrogens (primary N) is 1. The van der Waals surface area contributed by atoms with E-state index in [2.05, 4.69) is 4.98 Å². The first-order valence-corrected chi connectivity index (χ1v) is 5.87. The molecule has 3 rings (SSSR count). The number of anilines is 1. The Morgan fingerprint density at radius 1 is 1.06 bits per heavy atom. The molecule has 0 fully saturated rings. The molecule has 4 heteroatoms. The van der Waals surface area contributed by atoms with Gasteiger partial charge in [-0.25, -0.2) is 0 Å². The van der Waals surface area contributed by atoms with Gasteiger partial charge >= 0.3 is 0 Å². The molecule has 0 radical (unpaired) electrons. The van der Waals surface area contributed by atoms with Gasteiger partial charge in [-0.15, -0.1) is 0 Å². The van der Waals surface area contributed by atoms with Crippen LogP contribution in [-0.2, 0) is 0 Å². The maximum atomic E-state index is 5.77. The van der Waals surface area contributed by atoms with E-state index in [-0.39, 0.29) is 0 Å². The van der Waals surface area contributed by atoms with E-state index in [9.17, 15) is 0 Å². The molecule has 18 heavy (non-hydrogen) atoms. The first-order chi connectivity index (χ1) is 8.74. The van der Waals surface area contributed by atoms with E-state index in [1.807, 2.05) is 37.3 Å². The summed E-state index contributed by atoms with van der Waals surface area (Å²) in [4.78, 5) is 4.47. The monoisotopic (exact) mass is 242 g/mol. The van der Waals surface area contributed by atoms with Gasteiger partial charge < -0.3 is 15.2 Å². The second-order valence-electron chi connectivity index (χ2n) is 4.23. The van der Waals surface area contributed by atoms with Crippen LogP contribution in [0.2, 0.25) is 0 Å². The van der Waals surface area contributed by atoms with Crippen molar-refractivity contribution in [2.45, 2.75) is 6.92 Å². The SMILES string of the molecule is Cc1nc(-c2ccc3c(c2)OCCO3)ccc1N. The van der Waals surface area contributed by atoms with Crippen LogP contribution in [0.5, 0.6) is 11.5 Å². The van der Waals surface area contributed by atoms with Crippen molar-refractivity contribution in [2.24, 2.45) is 0 Å². The summed E-state index contributed by atoms with van der Waals surface area (Å²) in [6, 6.07) is 9.62. The molecule has 1 aromatic carbocycles. The van der Waals surface area contributed by atoms with Crippen LogP contribution >= 0.6 is 0 Å². The van der Waals surface area contributed by atoms with E-state index in [0.29, 0.717) is 18.9 Å². The van der Waals surface area contributed by atoms with Crippen LogP contribution in [0, 0.1) is 6.92 Å². The third kappa shape index (κ3) is 1.86. The number of rotatable bonds is 1. The average Bonchev–Trinajstić information content (AvgIpc) is 2.41. The first kappa shape index (κ1) is 10.9. The summed E-state index contributed by atoms with van der Waals surface area (Å²) in [7, 11) is 0. The maximum absolute atomic E-state index is 5.77. The Labute approximate surface area is 105 Å². The highest BCUT2D eigenvalue weighted by Gasteiger charge is 2.13. The van der Waals surface area contributed by atoms with Crippen molar-refractivity contribution in [3.63, 3.8) is 0 Å². The first-order valence-electron chi connectivity index (χ1n) is 5.87. The molecule has 0 spiro atoms.